The maximum Gasteiger partial charge on any atom is 2.00 e. The second-order valence-electron chi connectivity index (χ2n) is 6.61. The predicted octanol–water partition coefficient (Wildman–Crippen LogP) is 6.89. The first-order chi connectivity index (χ1) is 14.7. The Kier molecular flexibility index (Phi) is 18.9. The fourth-order valence-corrected chi connectivity index (χ4v) is 2.68. The molecule has 2 nitrogen and oxygen atoms in total. The molecular formula is C26H32N2NiS2. The summed E-state index contributed by atoms with van der Waals surface area (Å²) < 4.78 is 0. The molecule has 31 heavy (non-hydrogen) atoms. The summed E-state index contributed by atoms with van der Waals surface area (Å²) in [6.07, 6.45) is 12.0. The summed E-state index contributed by atoms with van der Waals surface area (Å²) in [5, 5.41) is 0. The Labute approximate surface area is 209 Å². The zero-order chi connectivity index (χ0) is 21.9. The van der Waals surface area contributed by atoms with Crippen molar-refractivity contribution in [3.05, 3.63) is 83.9 Å². The summed E-state index contributed by atoms with van der Waals surface area (Å²) >= 11 is 10.5. The Morgan fingerprint density at radius 1 is 0.677 bits per heavy atom. The Bertz CT molecular complexity index is 731. The molecule has 0 amide bonds. The van der Waals surface area contributed by atoms with Gasteiger partial charge in [0.25, 0.3) is 0 Å². The van der Waals surface area contributed by atoms with E-state index in [1.165, 1.54) is 12.8 Å². The molecule has 0 radical (unpaired) electrons. The molecule has 0 saturated heterocycles. The Morgan fingerprint density at radius 3 is 1.35 bits per heavy atom. The van der Waals surface area contributed by atoms with E-state index in [9.17, 15) is 0 Å². The van der Waals surface area contributed by atoms with Crippen molar-refractivity contribution in [2.75, 3.05) is 13.1 Å². The van der Waals surface area contributed by atoms with Gasteiger partial charge in [0, 0.05) is 25.5 Å². The molecule has 0 N–H and O–H groups in total. The third kappa shape index (κ3) is 14.8. The van der Waals surface area contributed by atoms with Crippen LogP contribution in [-0.4, -0.2) is 25.5 Å². The van der Waals surface area contributed by atoms with E-state index in [0.29, 0.717) is 0 Å². The summed E-state index contributed by atoms with van der Waals surface area (Å²) in [5.41, 5.74) is 2.16. The number of hydrogen-bond donors (Lipinski definition) is 0. The molecule has 0 fully saturated rings. The SMILES string of the molecule is CCCCN=CC=C([S-])c1ccccc1.CCCCN=CC=C([S-])c1ccccc1.[Ni+2]. The number of benzene rings is 2. The maximum atomic E-state index is 5.25. The zero-order valence-corrected chi connectivity index (χ0v) is 21.0. The Morgan fingerprint density at radius 2 is 1.03 bits per heavy atom. The van der Waals surface area contributed by atoms with Gasteiger partial charge in [-0.05, 0) is 24.0 Å². The molecule has 0 heterocycles. The van der Waals surface area contributed by atoms with Crippen LogP contribution in [-0.2, 0) is 41.7 Å². The minimum absolute atomic E-state index is 0. The van der Waals surface area contributed by atoms with Gasteiger partial charge in [-0.2, -0.15) is 9.81 Å². The van der Waals surface area contributed by atoms with E-state index < -0.39 is 0 Å². The molecule has 0 unspecified atom stereocenters. The molecule has 0 aliphatic heterocycles. The van der Waals surface area contributed by atoms with Crippen LogP contribution in [0.4, 0.5) is 0 Å². The van der Waals surface area contributed by atoms with Crippen molar-refractivity contribution < 1.29 is 16.5 Å². The normalized spacial score (nSPS) is 11.8. The van der Waals surface area contributed by atoms with Gasteiger partial charge in [0.15, 0.2) is 0 Å². The maximum absolute atomic E-state index is 5.25. The molecule has 5 heteroatoms. The first-order valence-electron chi connectivity index (χ1n) is 10.5. The average Bonchev–Trinajstić information content (AvgIpc) is 2.80. The number of rotatable bonds is 10. The first kappa shape index (κ1) is 29.2. The van der Waals surface area contributed by atoms with Gasteiger partial charge in [-0.25, -0.2) is 0 Å². The van der Waals surface area contributed by atoms with Crippen molar-refractivity contribution in [2.24, 2.45) is 9.98 Å². The topological polar surface area (TPSA) is 24.7 Å². The van der Waals surface area contributed by atoms with Gasteiger partial charge in [-0.1, -0.05) is 99.5 Å². The second kappa shape index (κ2) is 20.1. The van der Waals surface area contributed by atoms with Gasteiger partial charge >= 0.3 is 16.5 Å². The number of allylic oxidation sites excluding steroid dienone is 2. The van der Waals surface area contributed by atoms with E-state index in [2.05, 4.69) is 23.8 Å². The van der Waals surface area contributed by atoms with E-state index in [4.69, 9.17) is 25.3 Å². The summed E-state index contributed by atoms with van der Waals surface area (Å²) in [4.78, 5) is 10.2. The molecule has 0 aliphatic carbocycles. The van der Waals surface area contributed by atoms with Crippen LogP contribution in [0.25, 0.3) is 9.81 Å². The number of aliphatic imine (C=N–C) groups is 2. The quantitative estimate of drug-likeness (QED) is 0.155. The fourth-order valence-electron chi connectivity index (χ4n) is 2.29. The third-order valence-electron chi connectivity index (χ3n) is 4.06. The van der Waals surface area contributed by atoms with Crippen LogP contribution in [0.2, 0.25) is 0 Å². The van der Waals surface area contributed by atoms with Crippen molar-refractivity contribution in [1.29, 1.82) is 0 Å². The minimum Gasteiger partial charge on any atom is -0.779 e. The van der Waals surface area contributed by atoms with E-state index >= 15 is 0 Å². The van der Waals surface area contributed by atoms with Crippen LogP contribution >= 0.6 is 0 Å². The van der Waals surface area contributed by atoms with Crippen molar-refractivity contribution in [3.8, 4) is 0 Å². The van der Waals surface area contributed by atoms with Gasteiger partial charge < -0.3 is 25.3 Å². The van der Waals surface area contributed by atoms with Gasteiger partial charge in [-0.3, -0.25) is 9.98 Å². The predicted molar refractivity (Wildman–Crippen MR) is 140 cm³/mol. The molecular weight excluding hydrogens is 463 g/mol. The molecule has 0 aromatic heterocycles. The number of unbranched alkanes of at least 4 members (excludes halogenated alkanes) is 2. The summed E-state index contributed by atoms with van der Waals surface area (Å²) in [5.74, 6) is 0. The van der Waals surface area contributed by atoms with Crippen molar-refractivity contribution in [2.45, 2.75) is 39.5 Å². The van der Waals surface area contributed by atoms with E-state index in [-0.39, 0.29) is 16.5 Å². The van der Waals surface area contributed by atoms with Crippen LogP contribution in [0.3, 0.4) is 0 Å². The van der Waals surface area contributed by atoms with Crippen molar-refractivity contribution in [1.82, 2.24) is 0 Å². The summed E-state index contributed by atoms with van der Waals surface area (Å²) in [6, 6.07) is 20.0. The second-order valence-corrected chi connectivity index (χ2v) is 7.49. The van der Waals surface area contributed by atoms with E-state index in [1.807, 2.05) is 85.2 Å². The molecule has 168 valence electrons. The smallest absolute Gasteiger partial charge is 0.779 e. The molecule has 2 aromatic carbocycles. The molecule has 0 bridgehead atoms. The van der Waals surface area contributed by atoms with Crippen LogP contribution in [0, 0.1) is 0 Å². The van der Waals surface area contributed by atoms with Crippen LogP contribution < -0.4 is 0 Å². The van der Waals surface area contributed by atoms with E-state index in [0.717, 1.165) is 46.9 Å². The van der Waals surface area contributed by atoms with Crippen LogP contribution in [0.15, 0.2) is 82.8 Å². The zero-order valence-electron chi connectivity index (χ0n) is 18.4. The molecule has 2 rings (SSSR count). The van der Waals surface area contributed by atoms with E-state index in [1.54, 1.807) is 0 Å². The minimum atomic E-state index is 0. The molecule has 0 atom stereocenters. The van der Waals surface area contributed by atoms with Gasteiger partial charge in [0.2, 0.25) is 0 Å². The summed E-state index contributed by atoms with van der Waals surface area (Å²) in [7, 11) is 0. The average molecular weight is 495 g/mol. The molecule has 2 aromatic rings. The molecule has 0 aliphatic rings. The standard InChI is InChI=1S/2C13H17NS.Ni/c2*1-2-3-10-14-11-9-13(15)12-7-5-4-6-8-12;/h2*4-9,11,15H,2-3,10H2,1H3;/q;;+2/p-2. The molecule has 0 spiro atoms. The van der Waals surface area contributed by atoms with Crippen molar-refractivity contribution >= 4 is 47.5 Å². The third-order valence-corrected chi connectivity index (χ3v) is 4.80. The van der Waals surface area contributed by atoms with Gasteiger partial charge in [0.05, 0.1) is 0 Å². The largest absolute Gasteiger partial charge is 2.00 e. The van der Waals surface area contributed by atoms with Crippen LogP contribution in [0.5, 0.6) is 0 Å². The number of hydrogen-bond acceptors (Lipinski definition) is 4. The van der Waals surface area contributed by atoms with Gasteiger partial charge in [0.1, 0.15) is 0 Å². The van der Waals surface area contributed by atoms with Gasteiger partial charge in [-0.15, -0.1) is 0 Å². The Hall–Kier alpha value is -1.81. The first-order valence-corrected chi connectivity index (χ1v) is 11.4. The molecule has 0 saturated carbocycles. The van der Waals surface area contributed by atoms with Crippen molar-refractivity contribution in [3.63, 3.8) is 0 Å². The van der Waals surface area contributed by atoms with Crippen LogP contribution in [0.1, 0.15) is 50.7 Å². The number of nitrogens with zero attached hydrogens (tertiary/aromatic N) is 2. The summed E-state index contributed by atoms with van der Waals surface area (Å²) in [6.45, 7) is 6.11. The fraction of sp³-hybridized carbons (Fsp3) is 0.308. The monoisotopic (exact) mass is 494 g/mol. The Balaban J connectivity index is 0.000000562.